The van der Waals surface area contributed by atoms with Gasteiger partial charge in [0.25, 0.3) is 11.8 Å². The van der Waals surface area contributed by atoms with Crippen LogP contribution in [-0.2, 0) is 35.2 Å². The predicted octanol–water partition coefficient (Wildman–Crippen LogP) is 3.96. The van der Waals surface area contributed by atoms with Crippen molar-refractivity contribution in [1.82, 2.24) is 0 Å². The summed E-state index contributed by atoms with van der Waals surface area (Å²) in [5.41, 5.74) is 10.4. The van der Waals surface area contributed by atoms with Gasteiger partial charge in [-0.25, -0.2) is 4.79 Å². The first kappa shape index (κ1) is 20.0. The molecule has 2 aliphatic carbocycles. The van der Waals surface area contributed by atoms with Gasteiger partial charge in [-0.3, -0.25) is 9.59 Å². The lowest BCUT2D eigenvalue weighted by molar-refractivity contribution is -0.119. The number of hydrogen-bond acceptors (Lipinski definition) is 6. The van der Waals surface area contributed by atoms with Gasteiger partial charge in [0.1, 0.15) is 9.88 Å². The van der Waals surface area contributed by atoms with Crippen LogP contribution in [0.2, 0.25) is 0 Å². The minimum Gasteiger partial charge on any atom is -0.451 e. The molecule has 3 N–H and O–H groups in total. The quantitative estimate of drug-likeness (QED) is 0.573. The van der Waals surface area contributed by atoms with E-state index < -0.39 is 24.4 Å². The highest BCUT2D eigenvalue weighted by Crippen LogP contribution is 2.40. The van der Waals surface area contributed by atoms with E-state index in [1.54, 1.807) is 0 Å². The van der Waals surface area contributed by atoms with Crippen molar-refractivity contribution < 1.29 is 19.1 Å². The zero-order chi connectivity index (χ0) is 21.5. The number of benzene rings is 1. The largest absolute Gasteiger partial charge is 0.451 e. The summed E-state index contributed by atoms with van der Waals surface area (Å²) in [6.07, 6.45) is 4.50. The van der Waals surface area contributed by atoms with Gasteiger partial charge in [-0.15, -0.1) is 22.7 Å². The fourth-order valence-electron chi connectivity index (χ4n) is 4.29. The van der Waals surface area contributed by atoms with Gasteiger partial charge in [0.15, 0.2) is 6.61 Å². The first-order chi connectivity index (χ1) is 15.0. The van der Waals surface area contributed by atoms with E-state index in [9.17, 15) is 14.4 Å². The van der Waals surface area contributed by atoms with E-state index in [2.05, 4.69) is 17.4 Å². The summed E-state index contributed by atoms with van der Waals surface area (Å²) >= 11 is 2.77. The van der Waals surface area contributed by atoms with Gasteiger partial charge in [0, 0.05) is 9.75 Å². The van der Waals surface area contributed by atoms with Gasteiger partial charge in [-0.05, 0) is 60.4 Å². The molecule has 0 fully saturated rings. The van der Waals surface area contributed by atoms with E-state index in [0.29, 0.717) is 15.4 Å². The van der Waals surface area contributed by atoms with Crippen molar-refractivity contribution in [1.29, 1.82) is 0 Å². The SMILES string of the molecule is NC(=O)c1c(NC(=O)COC(=O)c2cc3c(s2)-c2ccccc2CC3)sc2c1CCC2. The van der Waals surface area contributed by atoms with Crippen LogP contribution in [0.3, 0.4) is 0 Å². The molecule has 0 bridgehead atoms. The van der Waals surface area contributed by atoms with Crippen molar-refractivity contribution in [2.75, 3.05) is 11.9 Å². The van der Waals surface area contributed by atoms with Crippen molar-refractivity contribution >= 4 is 45.5 Å². The third-order valence-corrected chi connectivity index (χ3v) is 8.09. The molecular formula is C23H20N2O4S2. The Morgan fingerprint density at radius 1 is 1.03 bits per heavy atom. The molecule has 3 aromatic rings. The second kappa shape index (κ2) is 7.94. The summed E-state index contributed by atoms with van der Waals surface area (Å²) in [5.74, 6) is -1.55. The van der Waals surface area contributed by atoms with Crippen molar-refractivity contribution in [2.45, 2.75) is 32.1 Å². The number of fused-ring (bicyclic) bond motifs is 4. The van der Waals surface area contributed by atoms with Crippen LogP contribution in [0.1, 0.15) is 48.0 Å². The van der Waals surface area contributed by atoms with Crippen LogP contribution in [0.5, 0.6) is 0 Å². The monoisotopic (exact) mass is 452 g/mol. The summed E-state index contributed by atoms with van der Waals surface area (Å²) in [6, 6.07) is 10.1. The lowest BCUT2D eigenvalue weighted by Gasteiger charge is -2.15. The molecule has 8 heteroatoms. The number of nitrogens with one attached hydrogen (secondary N) is 1. The third kappa shape index (κ3) is 3.66. The molecule has 0 aliphatic heterocycles. The number of rotatable bonds is 5. The molecule has 0 unspecified atom stereocenters. The number of hydrogen-bond donors (Lipinski definition) is 2. The molecule has 0 atom stereocenters. The highest BCUT2D eigenvalue weighted by atomic mass is 32.1. The Bertz CT molecular complexity index is 1220. The number of carbonyl (C=O) groups is 3. The summed E-state index contributed by atoms with van der Waals surface area (Å²) in [6.45, 7) is -0.418. The van der Waals surface area contributed by atoms with Crippen LogP contribution >= 0.6 is 22.7 Å². The Labute approximate surface area is 187 Å². The van der Waals surface area contributed by atoms with E-state index in [1.807, 2.05) is 18.2 Å². The lowest BCUT2D eigenvalue weighted by atomic mass is 9.91. The second-order valence-electron chi connectivity index (χ2n) is 7.67. The first-order valence-corrected chi connectivity index (χ1v) is 11.8. The molecule has 2 heterocycles. The topological polar surface area (TPSA) is 98.5 Å². The highest BCUT2D eigenvalue weighted by molar-refractivity contribution is 7.17. The molecule has 0 saturated heterocycles. The fraction of sp³-hybridized carbons (Fsp3) is 0.261. The smallest absolute Gasteiger partial charge is 0.348 e. The fourth-order valence-corrected chi connectivity index (χ4v) is 6.77. The maximum atomic E-state index is 12.6. The Hall–Kier alpha value is -2.97. The minimum atomic E-state index is -0.545. The molecule has 158 valence electrons. The van der Waals surface area contributed by atoms with E-state index in [4.69, 9.17) is 10.5 Å². The Kier molecular flexibility index (Phi) is 5.11. The summed E-state index contributed by atoms with van der Waals surface area (Å²) < 4.78 is 5.25. The van der Waals surface area contributed by atoms with Gasteiger partial charge < -0.3 is 15.8 Å². The predicted molar refractivity (Wildman–Crippen MR) is 121 cm³/mol. The number of nitrogens with two attached hydrogens (primary N) is 1. The Balaban J connectivity index is 1.26. The van der Waals surface area contributed by atoms with Gasteiger partial charge >= 0.3 is 5.97 Å². The number of aryl methyl sites for hydroxylation is 3. The van der Waals surface area contributed by atoms with Crippen LogP contribution in [-0.4, -0.2) is 24.4 Å². The van der Waals surface area contributed by atoms with Crippen molar-refractivity contribution in [2.24, 2.45) is 5.73 Å². The number of thiophene rings is 2. The lowest BCUT2D eigenvalue weighted by Crippen LogP contribution is -2.22. The van der Waals surface area contributed by atoms with Crippen LogP contribution < -0.4 is 11.1 Å². The first-order valence-electron chi connectivity index (χ1n) is 10.1. The Morgan fingerprint density at radius 2 is 1.84 bits per heavy atom. The van der Waals surface area contributed by atoms with E-state index in [1.165, 1.54) is 28.2 Å². The third-order valence-electron chi connectivity index (χ3n) is 5.69. The number of esters is 1. The van der Waals surface area contributed by atoms with Crippen molar-refractivity contribution in [3.05, 3.63) is 62.3 Å². The molecule has 2 amide bonds. The highest BCUT2D eigenvalue weighted by Gasteiger charge is 2.27. The molecule has 5 rings (SSSR count). The minimum absolute atomic E-state index is 0.391. The van der Waals surface area contributed by atoms with Gasteiger partial charge in [0.05, 0.1) is 5.56 Å². The number of amides is 2. The molecule has 0 saturated carbocycles. The maximum absolute atomic E-state index is 12.6. The van der Waals surface area contributed by atoms with Crippen molar-refractivity contribution in [3.63, 3.8) is 0 Å². The van der Waals surface area contributed by atoms with Gasteiger partial charge in [-0.2, -0.15) is 0 Å². The van der Waals surface area contributed by atoms with Gasteiger partial charge in [-0.1, -0.05) is 24.3 Å². The molecule has 0 radical (unpaired) electrons. The van der Waals surface area contributed by atoms with E-state index >= 15 is 0 Å². The molecule has 6 nitrogen and oxygen atoms in total. The average Bonchev–Trinajstić information content (AvgIpc) is 3.45. The molecular weight excluding hydrogens is 432 g/mol. The van der Waals surface area contributed by atoms with Crippen molar-refractivity contribution in [3.8, 4) is 10.4 Å². The maximum Gasteiger partial charge on any atom is 0.348 e. The molecule has 2 aromatic heterocycles. The zero-order valence-electron chi connectivity index (χ0n) is 16.7. The standard InChI is InChI=1S/C23H20N2O4S2/c24-21(27)19-15-6-3-7-16(15)31-22(19)25-18(26)11-29-23(28)17-10-13-9-8-12-4-1-2-5-14(12)20(13)30-17/h1-2,4-5,10H,3,6-9,11H2,(H2,24,27)(H,25,26). The Morgan fingerprint density at radius 3 is 2.68 bits per heavy atom. The summed E-state index contributed by atoms with van der Waals surface area (Å²) in [5, 5.41) is 3.14. The molecule has 1 aromatic carbocycles. The number of ether oxygens (including phenoxy) is 1. The van der Waals surface area contributed by atoms with Crippen LogP contribution in [0.25, 0.3) is 10.4 Å². The van der Waals surface area contributed by atoms with Crippen LogP contribution in [0, 0.1) is 0 Å². The van der Waals surface area contributed by atoms with E-state index in [-0.39, 0.29) is 0 Å². The van der Waals surface area contributed by atoms with Gasteiger partial charge in [0.2, 0.25) is 0 Å². The molecule has 2 aliphatic rings. The van der Waals surface area contributed by atoms with Crippen LogP contribution in [0.15, 0.2) is 30.3 Å². The second-order valence-corrected chi connectivity index (χ2v) is 9.83. The number of primary amides is 1. The number of anilines is 1. The van der Waals surface area contributed by atoms with Crippen LogP contribution in [0.4, 0.5) is 5.00 Å². The summed E-state index contributed by atoms with van der Waals surface area (Å²) in [4.78, 5) is 39.5. The zero-order valence-corrected chi connectivity index (χ0v) is 18.3. The van der Waals surface area contributed by atoms with E-state index in [0.717, 1.165) is 58.5 Å². The number of carbonyl (C=O) groups excluding carboxylic acids is 3. The molecule has 31 heavy (non-hydrogen) atoms. The normalized spacial score (nSPS) is 13.8. The summed E-state index contributed by atoms with van der Waals surface area (Å²) in [7, 11) is 0. The molecule has 0 spiro atoms. The average molecular weight is 453 g/mol.